The second-order valence-electron chi connectivity index (χ2n) is 5.98. The number of hydrogen-bond acceptors (Lipinski definition) is 4. The zero-order valence-electron chi connectivity index (χ0n) is 14.6. The van der Waals surface area contributed by atoms with E-state index in [1.54, 1.807) is 19.9 Å². The largest absolute Gasteiger partial charge is 0.454 e. The zero-order chi connectivity index (χ0) is 18.7. The molecule has 0 saturated carbocycles. The SMILES string of the molecule is CC(=O)c1c(C)[nH]c(C(=O)[C@H](C)OC(=O)Cc2cccc(F)c2)c1C. The lowest BCUT2D eigenvalue weighted by Crippen LogP contribution is -2.26. The van der Waals surface area contributed by atoms with Gasteiger partial charge >= 0.3 is 5.97 Å². The third-order valence-electron chi connectivity index (χ3n) is 3.95. The standard InChI is InChI=1S/C19H20FNO4/c1-10-17(12(3)22)11(2)21-18(10)19(24)13(4)25-16(23)9-14-6-5-7-15(20)8-14/h5-8,13,21H,9H2,1-4H3/t13-/m0/s1. The predicted octanol–water partition coefficient (Wildman–Crippen LogP) is 3.33. The number of rotatable bonds is 6. The maximum atomic E-state index is 13.1. The lowest BCUT2D eigenvalue weighted by molar-refractivity contribution is -0.145. The molecule has 1 heterocycles. The average molecular weight is 345 g/mol. The molecule has 5 nitrogen and oxygen atoms in total. The summed E-state index contributed by atoms with van der Waals surface area (Å²) in [6.07, 6.45) is -1.14. The maximum absolute atomic E-state index is 13.1. The van der Waals surface area contributed by atoms with Crippen molar-refractivity contribution in [2.75, 3.05) is 0 Å². The number of ketones is 2. The number of aromatic nitrogens is 1. The molecule has 0 saturated heterocycles. The Balaban J connectivity index is 2.09. The molecule has 0 aliphatic rings. The summed E-state index contributed by atoms with van der Waals surface area (Å²) in [4.78, 5) is 39.0. The molecular weight excluding hydrogens is 325 g/mol. The maximum Gasteiger partial charge on any atom is 0.310 e. The molecule has 0 spiro atoms. The first kappa shape index (κ1) is 18.6. The van der Waals surface area contributed by atoms with Gasteiger partial charge in [-0.15, -0.1) is 0 Å². The number of nitrogens with one attached hydrogen (secondary N) is 1. The van der Waals surface area contributed by atoms with Crippen LogP contribution in [0, 0.1) is 19.7 Å². The lowest BCUT2D eigenvalue weighted by atomic mass is 10.0. The second kappa shape index (κ2) is 7.42. The Hall–Kier alpha value is -2.76. The van der Waals surface area contributed by atoms with E-state index in [9.17, 15) is 18.8 Å². The van der Waals surface area contributed by atoms with E-state index in [4.69, 9.17) is 4.74 Å². The Bertz CT molecular complexity index is 838. The number of benzene rings is 1. The van der Waals surface area contributed by atoms with Crippen LogP contribution < -0.4 is 0 Å². The molecule has 0 radical (unpaired) electrons. The summed E-state index contributed by atoms with van der Waals surface area (Å²) in [5, 5.41) is 0. The van der Waals surface area contributed by atoms with E-state index in [1.807, 2.05) is 0 Å². The quantitative estimate of drug-likeness (QED) is 0.643. The minimum absolute atomic E-state index is 0.128. The molecular formula is C19H20FNO4. The molecule has 6 heteroatoms. The van der Waals surface area contributed by atoms with Crippen molar-refractivity contribution in [1.29, 1.82) is 0 Å². The van der Waals surface area contributed by atoms with E-state index in [0.717, 1.165) is 0 Å². The van der Waals surface area contributed by atoms with Crippen LogP contribution in [0.4, 0.5) is 4.39 Å². The van der Waals surface area contributed by atoms with Crippen molar-refractivity contribution in [1.82, 2.24) is 4.98 Å². The van der Waals surface area contributed by atoms with Crippen molar-refractivity contribution < 1.29 is 23.5 Å². The minimum Gasteiger partial charge on any atom is -0.454 e. The molecule has 2 aromatic rings. The van der Waals surface area contributed by atoms with Gasteiger partial charge in [0.05, 0.1) is 12.1 Å². The number of H-pyrrole nitrogens is 1. The third kappa shape index (κ3) is 4.21. The molecule has 0 aliphatic carbocycles. The Kier molecular flexibility index (Phi) is 5.51. The molecule has 0 amide bonds. The molecule has 1 atom stereocenters. The summed E-state index contributed by atoms with van der Waals surface area (Å²) < 4.78 is 18.3. The fourth-order valence-electron chi connectivity index (χ4n) is 2.83. The van der Waals surface area contributed by atoms with Gasteiger partial charge in [0.2, 0.25) is 5.78 Å². The van der Waals surface area contributed by atoms with E-state index < -0.39 is 23.7 Å². The van der Waals surface area contributed by atoms with Crippen LogP contribution in [0.3, 0.4) is 0 Å². The average Bonchev–Trinajstić information content (AvgIpc) is 2.81. The van der Waals surface area contributed by atoms with Crippen LogP contribution in [-0.2, 0) is 16.0 Å². The van der Waals surface area contributed by atoms with Crippen LogP contribution in [0.15, 0.2) is 24.3 Å². The van der Waals surface area contributed by atoms with E-state index in [1.165, 1.54) is 32.0 Å². The van der Waals surface area contributed by atoms with Gasteiger partial charge in [-0.05, 0) is 51.0 Å². The number of aromatic amines is 1. The molecule has 0 unspecified atom stereocenters. The molecule has 2 rings (SSSR count). The van der Waals surface area contributed by atoms with Gasteiger partial charge in [-0.25, -0.2) is 4.39 Å². The summed E-state index contributed by atoms with van der Waals surface area (Å²) in [5.74, 6) is -1.62. The van der Waals surface area contributed by atoms with Crippen molar-refractivity contribution in [2.24, 2.45) is 0 Å². The van der Waals surface area contributed by atoms with E-state index in [0.29, 0.717) is 22.4 Å². The van der Waals surface area contributed by atoms with Gasteiger partial charge < -0.3 is 9.72 Å². The van der Waals surface area contributed by atoms with E-state index >= 15 is 0 Å². The summed E-state index contributed by atoms with van der Waals surface area (Å²) in [7, 11) is 0. The van der Waals surface area contributed by atoms with Gasteiger partial charge in [0.1, 0.15) is 5.82 Å². The van der Waals surface area contributed by atoms with Crippen molar-refractivity contribution in [3.8, 4) is 0 Å². The monoisotopic (exact) mass is 345 g/mol. The normalized spacial score (nSPS) is 11.9. The van der Waals surface area contributed by atoms with E-state index in [-0.39, 0.29) is 17.9 Å². The number of esters is 1. The van der Waals surface area contributed by atoms with Gasteiger partial charge in [-0.3, -0.25) is 14.4 Å². The van der Waals surface area contributed by atoms with E-state index in [2.05, 4.69) is 4.98 Å². The Labute approximate surface area is 145 Å². The van der Waals surface area contributed by atoms with Crippen LogP contribution in [-0.4, -0.2) is 28.6 Å². The van der Waals surface area contributed by atoms with Crippen molar-refractivity contribution >= 4 is 17.5 Å². The topological polar surface area (TPSA) is 76.2 Å². The first-order valence-corrected chi connectivity index (χ1v) is 7.89. The Morgan fingerprint density at radius 3 is 2.48 bits per heavy atom. The second-order valence-corrected chi connectivity index (χ2v) is 5.98. The number of ether oxygens (including phenoxy) is 1. The lowest BCUT2D eigenvalue weighted by Gasteiger charge is -2.12. The highest BCUT2D eigenvalue weighted by Crippen LogP contribution is 2.20. The number of hydrogen-bond donors (Lipinski definition) is 1. The Morgan fingerprint density at radius 1 is 1.24 bits per heavy atom. The van der Waals surface area contributed by atoms with Crippen LogP contribution in [0.25, 0.3) is 0 Å². The first-order chi connectivity index (χ1) is 11.7. The molecule has 0 bridgehead atoms. The van der Waals surface area contributed by atoms with Crippen LogP contribution in [0.5, 0.6) is 0 Å². The van der Waals surface area contributed by atoms with Gasteiger partial charge in [0.15, 0.2) is 11.9 Å². The Morgan fingerprint density at radius 2 is 1.92 bits per heavy atom. The van der Waals surface area contributed by atoms with Crippen LogP contribution >= 0.6 is 0 Å². The van der Waals surface area contributed by atoms with Gasteiger partial charge in [-0.1, -0.05) is 12.1 Å². The fraction of sp³-hybridized carbons (Fsp3) is 0.316. The van der Waals surface area contributed by atoms with Crippen molar-refractivity contribution in [3.63, 3.8) is 0 Å². The fourth-order valence-corrected chi connectivity index (χ4v) is 2.83. The van der Waals surface area contributed by atoms with Crippen molar-refractivity contribution in [2.45, 2.75) is 40.2 Å². The highest BCUT2D eigenvalue weighted by molar-refractivity contribution is 6.05. The molecule has 1 aromatic heterocycles. The van der Waals surface area contributed by atoms with Gasteiger partial charge in [0.25, 0.3) is 0 Å². The van der Waals surface area contributed by atoms with Gasteiger partial charge in [0, 0.05) is 11.3 Å². The molecule has 1 N–H and O–H groups in total. The first-order valence-electron chi connectivity index (χ1n) is 7.89. The summed E-state index contributed by atoms with van der Waals surface area (Å²) in [6, 6.07) is 5.63. The summed E-state index contributed by atoms with van der Waals surface area (Å²) in [6.45, 7) is 6.28. The summed E-state index contributed by atoms with van der Waals surface area (Å²) >= 11 is 0. The van der Waals surface area contributed by atoms with Crippen LogP contribution in [0.2, 0.25) is 0 Å². The summed E-state index contributed by atoms with van der Waals surface area (Å²) in [5.41, 5.74) is 2.35. The molecule has 132 valence electrons. The molecule has 25 heavy (non-hydrogen) atoms. The molecule has 0 aliphatic heterocycles. The zero-order valence-corrected chi connectivity index (χ0v) is 14.6. The number of carbonyl (C=O) groups is 3. The van der Waals surface area contributed by atoms with Crippen LogP contribution in [0.1, 0.15) is 51.5 Å². The van der Waals surface area contributed by atoms with Gasteiger partial charge in [-0.2, -0.15) is 0 Å². The smallest absolute Gasteiger partial charge is 0.310 e. The predicted molar refractivity (Wildman–Crippen MR) is 90.3 cm³/mol. The van der Waals surface area contributed by atoms with Crippen molar-refractivity contribution in [3.05, 3.63) is 58.2 Å². The third-order valence-corrected chi connectivity index (χ3v) is 3.95. The highest BCUT2D eigenvalue weighted by atomic mass is 19.1. The number of carbonyl (C=O) groups excluding carboxylic acids is 3. The molecule has 0 fully saturated rings. The molecule has 1 aromatic carbocycles. The number of aryl methyl sites for hydroxylation is 1. The number of Topliss-reactive ketones (excluding diaryl/α,β-unsaturated/α-hetero) is 2. The number of halogens is 1. The highest BCUT2D eigenvalue weighted by Gasteiger charge is 2.26. The minimum atomic E-state index is -1.02.